The van der Waals surface area contributed by atoms with Crippen molar-refractivity contribution in [3.8, 4) is 0 Å². The molecule has 2 aromatic heterocycles. The van der Waals surface area contributed by atoms with E-state index in [9.17, 15) is 0 Å². The van der Waals surface area contributed by atoms with Gasteiger partial charge in [0.2, 0.25) is 0 Å². The summed E-state index contributed by atoms with van der Waals surface area (Å²) >= 11 is 7.42. The minimum absolute atomic E-state index is 0.338. The lowest BCUT2D eigenvalue weighted by atomic mass is 10.4. The predicted molar refractivity (Wildman–Crippen MR) is 62.3 cm³/mol. The molecule has 6 heteroatoms. The van der Waals surface area contributed by atoms with Gasteiger partial charge < -0.3 is 0 Å². The molecule has 80 valence electrons. The summed E-state index contributed by atoms with van der Waals surface area (Å²) < 4.78 is 1.74. The van der Waals surface area contributed by atoms with Crippen molar-refractivity contribution in [1.82, 2.24) is 19.7 Å². The number of hydrogen-bond acceptors (Lipinski definition) is 4. The molecule has 0 radical (unpaired) electrons. The van der Waals surface area contributed by atoms with Crippen molar-refractivity contribution < 1.29 is 0 Å². The lowest BCUT2D eigenvalue weighted by Crippen LogP contribution is -1.99. The van der Waals surface area contributed by atoms with E-state index in [1.807, 2.05) is 7.05 Å². The van der Waals surface area contributed by atoms with E-state index in [-0.39, 0.29) is 0 Å². The molecular weight excluding hydrogens is 232 g/mol. The maximum atomic E-state index is 5.77. The van der Waals surface area contributed by atoms with Gasteiger partial charge in [-0.05, 0) is 0 Å². The maximum absolute atomic E-state index is 5.77. The topological polar surface area (TPSA) is 43.6 Å². The summed E-state index contributed by atoms with van der Waals surface area (Å²) in [6.07, 6.45) is 3.35. The van der Waals surface area contributed by atoms with Crippen LogP contribution in [0.25, 0.3) is 11.0 Å². The Kier molecular flexibility index (Phi) is 3.11. The Hall–Kier alpha value is -0.810. The number of rotatable bonds is 3. The molecule has 0 aromatic carbocycles. The second kappa shape index (κ2) is 4.37. The number of aryl methyl sites for hydroxylation is 1. The van der Waals surface area contributed by atoms with E-state index >= 15 is 0 Å². The third-order valence-electron chi connectivity index (χ3n) is 2.02. The number of hydrogen-bond donors (Lipinski definition) is 0. The molecule has 0 saturated carbocycles. The normalized spacial score (nSPS) is 13.3. The van der Waals surface area contributed by atoms with Crippen LogP contribution in [-0.2, 0) is 7.05 Å². The van der Waals surface area contributed by atoms with E-state index in [4.69, 9.17) is 11.6 Å². The highest BCUT2D eigenvalue weighted by Crippen LogP contribution is 2.27. The number of alkyl halides is 1. The van der Waals surface area contributed by atoms with Crippen molar-refractivity contribution >= 4 is 34.4 Å². The summed E-state index contributed by atoms with van der Waals surface area (Å²) in [6, 6.07) is 0. The van der Waals surface area contributed by atoms with Crippen molar-refractivity contribution in [3.63, 3.8) is 0 Å². The molecule has 0 aliphatic heterocycles. The quantitative estimate of drug-likeness (QED) is 0.470. The molecule has 0 amide bonds. The SMILES string of the molecule is CC(CCl)Sc1ncnc2c1cnn2C. The minimum Gasteiger partial charge on any atom is -0.250 e. The molecule has 1 unspecified atom stereocenters. The lowest BCUT2D eigenvalue weighted by Gasteiger charge is -2.06. The van der Waals surface area contributed by atoms with Crippen LogP contribution in [0.1, 0.15) is 6.92 Å². The summed E-state index contributed by atoms with van der Waals surface area (Å²) in [6.45, 7) is 2.07. The van der Waals surface area contributed by atoms with Gasteiger partial charge >= 0.3 is 0 Å². The lowest BCUT2D eigenvalue weighted by molar-refractivity contribution is 0.784. The van der Waals surface area contributed by atoms with Crippen molar-refractivity contribution in [2.24, 2.45) is 7.05 Å². The number of thioether (sulfide) groups is 1. The zero-order chi connectivity index (χ0) is 10.8. The average molecular weight is 243 g/mol. The molecule has 0 bridgehead atoms. The summed E-state index contributed by atoms with van der Waals surface area (Å²) in [4.78, 5) is 8.43. The molecule has 2 rings (SSSR count). The van der Waals surface area contributed by atoms with Gasteiger partial charge in [-0.15, -0.1) is 23.4 Å². The summed E-state index contributed by atoms with van der Waals surface area (Å²) in [5, 5.41) is 6.43. The van der Waals surface area contributed by atoms with Crippen LogP contribution in [0.5, 0.6) is 0 Å². The molecule has 0 saturated heterocycles. The van der Waals surface area contributed by atoms with Crippen molar-refractivity contribution in [2.45, 2.75) is 17.2 Å². The first-order valence-electron chi connectivity index (χ1n) is 4.57. The zero-order valence-corrected chi connectivity index (χ0v) is 10.1. The molecule has 0 aliphatic carbocycles. The van der Waals surface area contributed by atoms with E-state index in [1.54, 1.807) is 29.0 Å². The molecule has 1 atom stereocenters. The zero-order valence-electron chi connectivity index (χ0n) is 8.51. The largest absolute Gasteiger partial charge is 0.250 e. The van der Waals surface area contributed by atoms with Crippen molar-refractivity contribution in [2.75, 3.05) is 5.88 Å². The second-order valence-electron chi connectivity index (χ2n) is 3.27. The average Bonchev–Trinajstić information content (AvgIpc) is 2.62. The highest BCUT2D eigenvalue weighted by molar-refractivity contribution is 8.00. The van der Waals surface area contributed by atoms with Gasteiger partial charge in [-0.25, -0.2) is 9.97 Å². The van der Waals surface area contributed by atoms with E-state index < -0.39 is 0 Å². The van der Waals surface area contributed by atoms with Crippen LogP contribution in [0.15, 0.2) is 17.6 Å². The first-order chi connectivity index (χ1) is 7.22. The fourth-order valence-electron chi connectivity index (χ4n) is 1.26. The molecule has 15 heavy (non-hydrogen) atoms. The van der Waals surface area contributed by atoms with E-state index in [0.717, 1.165) is 16.1 Å². The Bertz CT molecular complexity index is 470. The number of fused-ring (bicyclic) bond motifs is 1. The van der Waals surface area contributed by atoms with Crippen LogP contribution >= 0.6 is 23.4 Å². The van der Waals surface area contributed by atoms with Gasteiger partial charge in [0.05, 0.1) is 11.6 Å². The highest BCUT2D eigenvalue weighted by atomic mass is 35.5. The first-order valence-corrected chi connectivity index (χ1v) is 5.99. The second-order valence-corrected chi connectivity index (χ2v) is 5.00. The predicted octanol–water partition coefficient (Wildman–Crippen LogP) is 2.08. The highest BCUT2D eigenvalue weighted by Gasteiger charge is 2.11. The Labute approximate surface area is 97.0 Å². The number of nitrogens with zero attached hydrogens (tertiary/aromatic N) is 4. The van der Waals surface area contributed by atoms with Gasteiger partial charge in [0.15, 0.2) is 5.65 Å². The van der Waals surface area contributed by atoms with Gasteiger partial charge in [0, 0.05) is 18.2 Å². The van der Waals surface area contributed by atoms with Crippen LogP contribution in [0, 0.1) is 0 Å². The van der Waals surface area contributed by atoms with Gasteiger partial charge in [-0.3, -0.25) is 4.68 Å². The van der Waals surface area contributed by atoms with E-state index in [2.05, 4.69) is 22.0 Å². The standard InChI is InChI=1S/C9H11ClN4S/c1-6(3-10)15-9-7-4-13-14(2)8(7)11-5-12-9/h4-6H,3H2,1-2H3. The number of aromatic nitrogens is 4. The fraction of sp³-hybridized carbons (Fsp3) is 0.444. The van der Waals surface area contributed by atoms with Gasteiger partial charge in [0.1, 0.15) is 11.4 Å². The molecule has 0 aliphatic rings. The molecule has 0 N–H and O–H groups in total. The molecule has 4 nitrogen and oxygen atoms in total. The fourth-order valence-corrected chi connectivity index (χ4v) is 2.27. The van der Waals surface area contributed by atoms with Crippen LogP contribution in [0.2, 0.25) is 0 Å². The van der Waals surface area contributed by atoms with Gasteiger partial charge in [-0.1, -0.05) is 6.92 Å². The molecule has 0 fully saturated rings. The Morgan fingerprint density at radius 2 is 2.33 bits per heavy atom. The van der Waals surface area contributed by atoms with Crippen LogP contribution < -0.4 is 0 Å². The van der Waals surface area contributed by atoms with Gasteiger partial charge in [0.25, 0.3) is 0 Å². The van der Waals surface area contributed by atoms with Gasteiger partial charge in [-0.2, -0.15) is 5.10 Å². The number of halogens is 1. The third kappa shape index (κ3) is 2.08. The van der Waals surface area contributed by atoms with Crippen LogP contribution in [0.4, 0.5) is 0 Å². The monoisotopic (exact) mass is 242 g/mol. The van der Waals surface area contributed by atoms with E-state index in [0.29, 0.717) is 11.1 Å². The molecular formula is C9H11ClN4S. The Balaban J connectivity index is 2.43. The van der Waals surface area contributed by atoms with Crippen molar-refractivity contribution in [1.29, 1.82) is 0 Å². The Morgan fingerprint density at radius 3 is 3.07 bits per heavy atom. The molecule has 2 heterocycles. The Morgan fingerprint density at radius 1 is 1.53 bits per heavy atom. The minimum atomic E-state index is 0.338. The first kappa shape index (κ1) is 10.7. The summed E-state index contributed by atoms with van der Waals surface area (Å²) in [5.41, 5.74) is 0.856. The van der Waals surface area contributed by atoms with Crippen molar-refractivity contribution in [3.05, 3.63) is 12.5 Å². The van der Waals surface area contributed by atoms with Crippen LogP contribution in [-0.4, -0.2) is 30.9 Å². The molecule has 0 spiro atoms. The maximum Gasteiger partial charge on any atom is 0.162 e. The summed E-state index contributed by atoms with van der Waals surface area (Å²) in [7, 11) is 1.87. The smallest absolute Gasteiger partial charge is 0.162 e. The molecule has 2 aromatic rings. The van der Waals surface area contributed by atoms with Crippen LogP contribution in [0.3, 0.4) is 0 Å². The van der Waals surface area contributed by atoms with E-state index in [1.165, 1.54) is 0 Å². The summed E-state index contributed by atoms with van der Waals surface area (Å²) in [5.74, 6) is 0.608. The third-order valence-corrected chi connectivity index (χ3v) is 3.79.